The molecule has 3 N–H and O–H groups in total. The summed E-state index contributed by atoms with van der Waals surface area (Å²) in [5.74, 6) is 0. The molecule has 0 saturated heterocycles. The second-order valence-electron chi connectivity index (χ2n) is 5.43. The van der Waals surface area contributed by atoms with E-state index in [2.05, 4.69) is 4.72 Å². The maximum absolute atomic E-state index is 12.7. The monoisotopic (exact) mass is 298 g/mol. The van der Waals surface area contributed by atoms with Gasteiger partial charge < -0.3 is 5.73 Å². The van der Waals surface area contributed by atoms with Gasteiger partial charge in [-0.3, -0.25) is 0 Å². The number of hydrogen-bond acceptors (Lipinski definition) is 3. The molecule has 0 aliphatic heterocycles. The Labute approximate surface area is 122 Å². The van der Waals surface area contributed by atoms with Gasteiger partial charge in [0, 0.05) is 12.6 Å². The summed E-state index contributed by atoms with van der Waals surface area (Å²) in [6.07, 6.45) is 1.65. The molecule has 5 heteroatoms. The molecule has 1 rings (SSSR count). The summed E-state index contributed by atoms with van der Waals surface area (Å²) in [5, 5.41) is 0. The van der Waals surface area contributed by atoms with Crippen molar-refractivity contribution in [1.82, 2.24) is 4.72 Å². The Morgan fingerprint density at radius 2 is 1.65 bits per heavy atom. The average Bonchev–Trinajstić information content (AvgIpc) is 2.35. The molecular weight excluding hydrogens is 272 g/mol. The second-order valence-corrected chi connectivity index (χ2v) is 7.08. The third-order valence-electron chi connectivity index (χ3n) is 3.81. The van der Waals surface area contributed by atoms with Crippen LogP contribution >= 0.6 is 0 Å². The number of aryl methyl sites for hydroxylation is 2. The second kappa shape index (κ2) is 6.70. The molecule has 0 saturated carbocycles. The van der Waals surface area contributed by atoms with E-state index >= 15 is 0 Å². The van der Waals surface area contributed by atoms with Gasteiger partial charge in [-0.25, -0.2) is 13.1 Å². The summed E-state index contributed by atoms with van der Waals surface area (Å²) in [6.45, 7) is 9.92. The number of sulfonamides is 1. The largest absolute Gasteiger partial charge is 0.329 e. The van der Waals surface area contributed by atoms with Gasteiger partial charge >= 0.3 is 0 Å². The maximum Gasteiger partial charge on any atom is 0.241 e. The molecule has 20 heavy (non-hydrogen) atoms. The number of benzene rings is 1. The lowest BCUT2D eigenvalue weighted by Crippen LogP contribution is -2.40. The molecule has 0 amide bonds. The Hall–Kier alpha value is -0.910. The fourth-order valence-electron chi connectivity index (χ4n) is 2.44. The standard InChI is InChI=1S/C15H26N2O2S/c1-6-7-14(9-16)17-20(18,19)15-12(4)10(2)8-11(3)13(15)5/h8,14,17H,6-7,9,16H2,1-5H3. The average molecular weight is 298 g/mol. The highest BCUT2D eigenvalue weighted by Gasteiger charge is 2.24. The molecule has 1 aromatic rings. The first-order valence-electron chi connectivity index (χ1n) is 7.04. The van der Waals surface area contributed by atoms with E-state index in [0.29, 0.717) is 11.4 Å². The smallest absolute Gasteiger partial charge is 0.241 e. The van der Waals surface area contributed by atoms with Crippen molar-refractivity contribution in [3.05, 3.63) is 28.3 Å². The molecule has 0 bridgehead atoms. The zero-order valence-electron chi connectivity index (χ0n) is 13.1. The van der Waals surface area contributed by atoms with Crippen LogP contribution in [0.15, 0.2) is 11.0 Å². The molecule has 0 spiro atoms. The highest BCUT2D eigenvalue weighted by Crippen LogP contribution is 2.26. The lowest BCUT2D eigenvalue weighted by molar-refractivity contribution is 0.526. The predicted octanol–water partition coefficient (Wildman–Crippen LogP) is 2.33. The molecule has 0 heterocycles. The van der Waals surface area contributed by atoms with E-state index in [1.165, 1.54) is 0 Å². The molecule has 0 radical (unpaired) electrons. The third kappa shape index (κ3) is 3.59. The normalized spacial score (nSPS) is 13.5. The number of nitrogens with two attached hydrogens (primary N) is 1. The van der Waals surface area contributed by atoms with E-state index < -0.39 is 10.0 Å². The molecule has 0 aliphatic carbocycles. The van der Waals surface area contributed by atoms with Crippen molar-refractivity contribution in [2.45, 2.75) is 58.4 Å². The Morgan fingerprint density at radius 1 is 1.15 bits per heavy atom. The van der Waals surface area contributed by atoms with E-state index in [-0.39, 0.29) is 6.04 Å². The molecule has 1 atom stereocenters. The highest BCUT2D eigenvalue weighted by molar-refractivity contribution is 7.89. The predicted molar refractivity (Wildman–Crippen MR) is 83.5 cm³/mol. The topological polar surface area (TPSA) is 72.2 Å². The van der Waals surface area contributed by atoms with Crippen molar-refractivity contribution in [1.29, 1.82) is 0 Å². The van der Waals surface area contributed by atoms with Gasteiger partial charge in [0.25, 0.3) is 0 Å². The Balaban J connectivity index is 3.29. The van der Waals surface area contributed by atoms with E-state index in [0.717, 1.165) is 35.1 Å². The van der Waals surface area contributed by atoms with Crippen LogP contribution in [0.4, 0.5) is 0 Å². The highest BCUT2D eigenvalue weighted by atomic mass is 32.2. The summed E-state index contributed by atoms with van der Waals surface area (Å²) < 4.78 is 28.1. The van der Waals surface area contributed by atoms with Crippen LogP contribution in [-0.4, -0.2) is 21.0 Å². The molecule has 114 valence electrons. The Morgan fingerprint density at radius 3 is 2.05 bits per heavy atom. The van der Waals surface area contributed by atoms with Crippen LogP contribution in [0, 0.1) is 27.7 Å². The van der Waals surface area contributed by atoms with Crippen LogP contribution in [0.2, 0.25) is 0 Å². The van der Waals surface area contributed by atoms with Crippen LogP contribution in [0.25, 0.3) is 0 Å². The van der Waals surface area contributed by atoms with Crippen LogP contribution in [0.5, 0.6) is 0 Å². The molecule has 0 aliphatic rings. The number of nitrogens with one attached hydrogen (secondary N) is 1. The molecule has 0 aromatic heterocycles. The zero-order valence-corrected chi connectivity index (χ0v) is 13.9. The van der Waals surface area contributed by atoms with Gasteiger partial charge in [0.2, 0.25) is 10.0 Å². The van der Waals surface area contributed by atoms with Crippen LogP contribution in [0.3, 0.4) is 0 Å². The number of rotatable bonds is 6. The van der Waals surface area contributed by atoms with Crippen molar-refractivity contribution in [3.63, 3.8) is 0 Å². The molecule has 1 unspecified atom stereocenters. The summed E-state index contributed by atoms with van der Waals surface area (Å²) >= 11 is 0. The molecule has 1 aromatic carbocycles. The van der Waals surface area contributed by atoms with Crippen molar-refractivity contribution in [2.75, 3.05) is 6.54 Å². The van der Waals surface area contributed by atoms with Crippen molar-refractivity contribution < 1.29 is 8.42 Å². The lowest BCUT2D eigenvalue weighted by atomic mass is 10.0. The van der Waals surface area contributed by atoms with Gasteiger partial charge in [0.15, 0.2) is 0 Å². The van der Waals surface area contributed by atoms with Gasteiger partial charge in [0.05, 0.1) is 4.90 Å². The van der Waals surface area contributed by atoms with Crippen LogP contribution in [-0.2, 0) is 10.0 Å². The SMILES string of the molecule is CCCC(CN)NS(=O)(=O)c1c(C)c(C)cc(C)c1C. The fraction of sp³-hybridized carbons (Fsp3) is 0.600. The van der Waals surface area contributed by atoms with Crippen molar-refractivity contribution in [3.8, 4) is 0 Å². The number of hydrogen-bond donors (Lipinski definition) is 2. The minimum absolute atomic E-state index is 0.204. The molecular formula is C15H26N2O2S. The van der Waals surface area contributed by atoms with Crippen LogP contribution in [0.1, 0.15) is 42.0 Å². The zero-order chi connectivity index (χ0) is 15.5. The van der Waals surface area contributed by atoms with E-state index in [4.69, 9.17) is 5.73 Å². The minimum Gasteiger partial charge on any atom is -0.329 e. The third-order valence-corrected chi connectivity index (χ3v) is 5.60. The Bertz CT molecular complexity index is 554. The first-order valence-corrected chi connectivity index (χ1v) is 8.52. The van der Waals surface area contributed by atoms with E-state index in [9.17, 15) is 8.42 Å². The van der Waals surface area contributed by atoms with Gasteiger partial charge in [-0.1, -0.05) is 19.4 Å². The van der Waals surface area contributed by atoms with Crippen LogP contribution < -0.4 is 10.5 Å². The van der Waals surface area contributed by atoms with E-state index in [1.807, 2.05) is 40.7 Å². The first kappa shape index (κ1) is 17.1. The van der Waals surface area contributed by atoms with Crippen molar-refractivity contribution >= 4 is 10.0 Å². The van der Waals surface area contributed by atoms with Gasteiger partial charge in [-0.15, -0.1) is 0 Å². The van der Waals surface area contributed by atoms with Gasteiger partial charge in [-0.2, -0.15) is 0 Å². The lowest BCUT2D eigenvalue weighted by Gasteiger charge is -2.20. The van der Waals surface area contributed by atoms with Gasteiger partial charge in [0.1, 0.15) is 0 Å². The molecule has 0 fully saturated rings. The summed E-state index contributed by atoms with van der Waals surface area (Å²) in [4.78, 5) is 0.407. The Kier molecular flexibility index (Phi) is 5.74. The quantitative estimate of drug-likeness (QED) is 0.846. The first-order chi connectivity index (χ1) is 9.24. The summed E-state index contributed by atoms with van der Waals surface area (Å²) in [7, 11) is -3.53. The summed E-state index contributed by atoms with van der Waals surface area (Å²) in [5.41, 5.74) is 9.27. The van der Waals surface area contributed by atoms with Crippen molar-refractivity contribution in [2.24, 2.45) is 5.73 Å². The van der Waals surface area contributed by atoms with E-state index in [1.54, 1.807) is 0 Å². The summed E-state index contributed by atoms with van der Waals surface area (Å²) in [6, 6.07) is 1.82. The van der Waals surface area contributed by atoms with Gasteiger partial charge in [-0.05, 0) is 56.4 Å². The molecule has 4 nitrogen and oxygen atoms in total. The maximum atomic E-state index is 12.7. The minimum atomic E-state index is -3.53. The fourth-order valence-corrected chi connectivity index (χ4v) is 4.33.